The first-order valence-electron chi connectivity index (χ1n) is 6.18. The molecule has 0 radical (unpaired) electrons. The summed E-state index contributed by atoms with van der Waals surface area (Å²) in [5.74, 6) is 0.590. The van der Waals surface area contributed by atoms with E-state index in [-0.39, 0.29) is 0 Å². The SMILES string of the molecule is COc1ccc(Cl)cc1C(O)c1coc2ccccc12. The van der Waals surface area contributed by atoms with Gasteiger partial charge in [0.1, 0.15) is 17.4 Å². The van der Waals surface area contributed by atoms with Gasteiger partial charge in [-0.15, -0.1) is 0 Å². The molecule has 102 valence electrons. The quantitative estimate of drug-likeness (QED) is 0.786. The molecule has 1 N–H and O–H groups in total. The summed E-state index contributed by atoms with van der Waals surface area (Å²) in [6.07, 6.45) is 0.711. The van der Waals surface area contributed by atoms with Crippen LogP contribution in [0.15, 0.2) is 53.1 Å². The fourth-order valence-corrected chi connectivity index (χ4v) is 2.48. The molecule has 0 bridgehead atoms. The molecule has 0 aliphatic heterocycles. The monoisotopic (exact) mass is 288 g/mol. The van der Waals surface area contributed by atoms with Crippen LogP contribution in [0.3, 0.4) is 0 Å². The van der Waals surface area contributed by atoms with Crippen molar-refractivity contribution >= 4 is 22.6 Å². The Morgan fingerprint density at radius 2 is 1.95 bits per heavy atom. The normalized spacial score (nSPS) is 12.6. The van der Waals surface area contributed by atoms with Gasteiger partial charge in [-0.05, 0) is 24.3 Å². The highest BCUT2D eigenvalue weighted by atomic mass is 35.5. The second-order valence-corrected chi connectivity index (χ2v) is 4.91. The Kier molecular flexibility index (Phi) is 3.38. The average molecular weight is 289 g/mol. The number of methoxy groups -OCH3 is 1. The van der Waals surface area contributed by atoms with Crippen LogP contribution < -0.4 is 4.74 Å². The molecule has 3 nitrogen and oxygen atoms in total. The number of hydrogen-bond acceptors (Lipinski definition) is 3. The molecule has 1 heterocycles. The van der Waals surface area contributed by atoms with Crippen LogP contribution in [0.2, 0.25) is 5.02 Å². The summed E-state index contributed by atoms with van der Waals surface area (Å²) in [6, 6.07) is 12.7. The van der Waals surface area contributed by atoms with E-state index in [0.29, 0.717) is 21.9 Å². The predicted octanol–water partition coefficient (Wildman–Crippen LogP) is 4.18. The summed E-state index contributed by atoms with van der Waals surface area (Å²) in [5, 5.41) is 12.0. The van der Waals surface area contributed by atoms with E-state index in [9.17, 15) is 5.11 Å². The molecule has 1 atom stereocenters. The molecule has 3 rings (SSSR count). The predicted molar refractivity (Wildman–Crippen MR) is 78.3 cm³/mol. The van der Waals surface area contributed by atoms with Crippen LogP contribution in [0.5, 0.6) is 5.75 Å². The smallest absolute Gasteiger partial charge is 0.134 e. The number of fused-ring (bicyclic) bond motifs is 1. The number of benzene rings is 2. The number of hydrogen-bond donors (Lipinski definition) is 1. The third-order valence-corrected chi connectivity index (χ3v) is 3.53. The molecule has 0 saturated carbocycles. The zero-order chi connectivity index (χ0) is 14.1. The lowest BCUT2D eigenvalue weighted by Crippen LogP contribution is -2.01. The Hall–Kier alpha value is -1.97. The van der Waals surface area contributed by atoms with Gasteiger partial charge in [0.2, 0.25) is 0 Å². The number of ether oxygens (including phenoxy) is 1. The van der Waals surface area contributed by atoms with Gasteiger partial charge in [0, 0.05) is 21.5 Å². The maximum atomic E-state index is 10.6. The lowest BCUT2D eigenvalue weighted by molar-refractivity contribution is 0.215. The molecule has 0 aliphatic carbocycles. The number of aliphatic hydroxyl groups is 1. The lowest BCUT2D eigenvalue weighted by Gasteiger charge is -2.14. The van der Waals surface area contributed by atoms with E-state index in [0.717, 1.165) is 11.0 Å². The first-order valence-corrected chi connectivity index (χ1v) is 6.56. The van der Waals surface area contributed by atoms with Crippen LogP contribution in [0.4, 0.5) is 0 Å². The van der Waals surface area contributed by atoms with E-state index in [2.05, 4.69) is 0 Å². The number of halogens is 1. The van der Waals surface area contributed by atoms with Crippen LogP contribution >= 0.6 is 11.6 Å². The van der Waals surface area contributed by atoms with Gasteiger partial charge >= 0.3 is 0 Å². The van der Waals surface area contributed by atoms with Gasteiger partial charge in [-0.1, -0.05) is 29.8 Å². The van der Waals surface area contributed by atoms with Crippen molar-refractivity contribution in [1.29, 1.82) is 0 Å². The maximum Gasteiger partial charge on any atom is 0.134 e. The Labute approximate surface area is 121 Å². The molecule has 0 saturated heterocycles. The third-order valence-electron chi connectivity index (χ3n) is 3.29. The Bertz CT molecular complexity index is 748. The third kappa shape index (κ3) is 2.15. The zero-order valence-electron chi connectivity index (χ0n) is 10.8. The molecule has 0 spiro atoms. The Morgan fingerprint density at radius 1 is 1.15 bits per heavy atom. The van der Waals surface area contributed by atoms with Gasteiger partial charge in [-0.3, -0.25) is 0 Å². The van der Waals surface area contributed by atoms with Crippen LogP contribution in [-0.2, 0) is 0 Å². The molecular weight excluding hydrogens is 276 g/mol. The summed E-state index contributed by atoms with van der Waals surface area (Å²) in [7, 11) is 1.56. The molecule has 0 fully saturated rings. The molecule has 0 amide bonds. The van der Waals surface area contributed by atoms with Crippen molar-refractivity contribution in [2.45, 2.75) is 6.10 Å². The van der Waals surface area contributed by atoms with E-state index in [4.69, 9.17) is 20.8 Å². The van der Waals surface area contributed by atoms with Gasteiger partial charge < -0.3 is 14.3 Å². The summed E-state index contributed by atoms with van der Waals surface area (Å²) in [6.45, 7) is 0. The number of furan rings is 1. The minimum Gasteiger partial charge on any atom is -0.496 e. The topological polar surface area (TPSA) is 42.6 Å². The second-order valence-electron chi connectivity index (χ2n) is 4.48. The molecular formula is C16H13ClO3. The van der Waals surface area contributed by atoms with Gasteiger partial charge in [0.05, 0.1) is 13.4 Å². The number of aliphatic hydroxyl groups excluding tert-OH is 1. The van der Waals surface area contributed by atoms with Crippen LogP contribution in [-0.4, -0.2) is 12.2 Å². The van der Waals surface area contributed by atoms with E-state index in [1.165, 1.54) is 0 Å². The lowest BCUT2D eigenvalue weighted by atomic mass is 10.00. The van der Waals surface area contributed by atoms with E-state index < -0.39 is 6.10 Å². The van der Waals surface area contributed by atoms with Crippen LogP contribution in [0, 0.1) is 0 Å². The summed E-state index contributed by atoms with van der Waals surface area (Å²) >= 11 is 6.01. The number of para-hydroxylation sites is 1. The first kappa shape index (κ1) is 13.0. The zero-order valence-corrected chi connectivity index (χ0v) is 11.6. The highest BCUT2D eigenvalue weighted by Gasteiger charge is 2.20. The molecule has 3 aromatic rings. The molecule has 0 aliphatic rings. The fraction of sp³-hybridized carbons (Fsp3) is 0.125. The summed E-state index contributed by atoms with van der Waals surface area (Å²) < 4.78 is 10.7. The molecule has 1 aromatic heterocycles. The summed E-state index contributed by atoms with van der Waals surface area (Å²) in [4.78, 5) is 0. The average Bonchev–Trinajstić information content (AvgIpc) is 2.90. The van der Waals surface area contributed by atoms with Gasteiger partial charge in [-0.25, -0.2) is 0 Å². The maximum absolute atomic E-state index is 10.6. The Morgan fingerprint density at radius 3 is 2.75 bits per heavy atom. The van der Waals surface area contributed by atoms with Crippen molar-refractivity contribution in [3.63, 3.8) is 0 Å². The van der Waals surface area contributed by atoms with Crippen molar-refractivity contribution in [2.75, 3.05) is 7.11 Å². The van der Waals surface area contributed by atoms with Crippen molar-refractivity contribution < 1.29 is 14.3 Å². The highest BCUT2D eigenvalue weighted by molar-refractivity contribution is 6.30. The van der Waals surface area contributed by atoms with Crippen molar-refractivity contribution in [3.05, 3.63) is 64.9 Å². The molecule has 4 heteroatoms. The van der Waals surface area contributed by atoms with Gasteiger partial charge in [-0.2, -0.15) is 0 Å². The van der Waals surface area contributed by atoms with Gasteiger partial charge in [0.15, 0.2) is 0 Å². The number of rotatable bonds is 3. The minimum atomic E-state index is -0.854. The minimum absolute atomic E-state index is 0.549. The first-order chi connectivity index (χ1) is 9.70. The van der Waals surface area contributed by atoms with Crippen molar-refractivity contribution in [2.24, 2.45) is 0 Å². The molecule has 1 unspecified atom stereocenters. The van der Waals surface area contributed by atoms with E-state index in [1.807, 2.05) is 24.3 Å². The van der Waals surface area contributed by atoms with Gasteiger partial charge in [0.25, 0.3) is 0 Å². The van der Waals surface area contributed by atoms with E-state index >= 15 is 0 Å². The van der Waals surface area contributed by atoms with Crippen LogP contribution in [0.25, 0.3) is 11.0 Å². The molecule has 2 aromatic carbocycles. The second kappa shape index (κ2) is 5.19. The largest absolute Gasteiger partial charge is 0.496 e. The standard InChI is InChI=1S/C16H13ClO3/c1-19-14-7-6-10(17)8-12(14)16(18)13-9-20-15-5-3-2-4-11(13)15/h2-9,16,18H,1H3. The van der Waals surface area contributed by atoms with Crippen LogP contribution in [0.1, 0.15) is 17.2 Å². The highest BCUT2D eigenvalue weighted by Crippen LogP contribution is 2.36. The van der Waals surface area contributed by atoms with Crippen molar-refractivity contribution in [3.8, 4) is 5.75 Å². The molecule has 20 heavy (non-hydrogen) atoms. The fourth-order valence-electron chi connectivity index (χ4n) is 2.30. The summed E-state index contributed by atoms with van der Waals surface area (Å²) in [5.41, 5.74) is 2.05. The van der Waals surface area contributed by atoms with Crippen molar-refractivity contribution in [1.82, 2.24) is 0 Å². The van der Waals surface area contributed by atoms with E-state index in [1.54, 1.807) is 31.6 Å². The Balaban J connectivity index is 2.13.